The summed E-state index contributed by atoms with van der Waals surface area (Å²) < 4.78 is 61.4. The standard InChI is InChI=1S/C23H18Cl2N2O5S2/c1-32-20-13-14-21(23(25)22(20)24)34(30,31)26-16-9-11-17(12-10-16)33(28,29)27-19-8-4-6-15-5-2-3-7-18(15)19/h2-14,26-27H,1H3. The van der Waals surface area contributed by atoms with Gasteiger partial charge in [-0.25, -0.2) is 16.8 Å². The summed E-state index contributed by atoms with van der Waals surface area (Å²) in [5.41, 5.74) is 0.584. The van der Waals surface area contributed by atoms with Crippen molar-refractivity contribution in [2.24, 2.45) is 0 Å². The molecule has 0 saturated heterocycles. The minimum absolute atomic E-state index is 0.0334. The van der Waals surface area contributed by atoms with Crippen LogP contribution < -0.4 is 14.2 Å². The Balaban J connectivity index is 1.58. The molecule has 0 aliphatic carbocycles. The van der Waals surface area contributed by atoms with E-state index in [9.17, 15) is 16.8 Å². The zero-order valence-electron chi connectivity index (χ0n) is 17.6. The van der Waals surface area contributed by atoms with Crippen LogP contribution in [0, 0.1) is 0 Å². The number of benzene rings is 4. The molecular formula is C23H18Cl2N2O5S2. The molecule has 2 N–H and O–H groups in total. The monoisotopic (exact) mass is 536 g/mol. The van der Waals surface area contributed by atoms with E-state index in [0.29, 0.717) is 5.69 Å². The molecule has 0 radical (unpaired) electrons. The zero-order valence-corrected chi connectivity index (χ0v) is 20.8. The Morgan fingerprint density at radius 1 is 0.706 bits per heavy atom. The van der Waals surface area contributed by atoms with Crippen molar-refractivity contribution in [3.8, 4) is 5.75 Å². The van der Waals surface area contributed by atoms with Gasteiger partial charge in [0.1, 0.15) is 15.7 Å². The highest BCUT2D eigenvalue weighted by Gasteiger charge is 2.23. The van der Waals surface area contributed by atoms with E-state index in [-0.39, 0.29) is 31.3 Å². The van der Waals surface area contributed by atoms with E-state index in [1.54, 1.807) is 12.1 Å². The first kappa shape index (κ1) is 24.2. The number of hydrogen-bond acceptors (Lipinski definition) is 5. The molecule has 4 aromatic carbocycles. The highest BCUT2D eigenvalue weighted by atomic mass is 35.5. The first-order valence-electron chi connectivity index (χ1n) is 9.78. The van der Waals surface area contributed by atoms with E-state index < -0.39 is 20.0 Å². The summed E-state index contributed by atoms with van der Waals surface area (Å²) in [7, 11) is -6.63. The summed E-state index contributed by atoms with van der Waals surface area (Å²) in [6.07, 6.45) is 0. The Labute approximate surface area is 207 Å². The summed E-state index contributed by atoms with van der Waals surface area (Å²) in [5, 5.41) is 1.43. The summed E-state index contributed by atoms with van der Waals surface area (Å²) in [4.78, 5) is -0.275. The Morgan fingerprint density at radius 2 is 1.38 bits per heavy atom. The largest absolute Gasteiger partial charge is 0.495 e. The van der Waals surface area contributed by atoms with Gasteiger partial charge in [0.25, 0.3) is 20.0 Å². The van der Waals surface area contributed by atoms with Crippen molar-refractivity contribution < 1.29 is 21.6 Å². The summed E-state index contributed by atoms with van der Waals surface area (Å²) in [6.45, 7) is 0. The summed E-state index contributed by atoms with van der Waals surface area (Å²) in [6, 6.07) is 20.6. The van der Waals surface area contributed by atoms with E-state index in [2.05, 4.69) is 9.44 Å². The van der Waals surface area contributed by atoms with Gasteiger partial charge < -0.3 is 4.74 Å². The smallest absolute Gasteiger partial charge is 0.263 e. The van der Waals surface area contributed by atoms with Crippen LogP contribution in [0.2, 0.25) is 10.0 Å². The fourth-order valence-electron chi connectivity index (χ4n) is 3.31. The molecule has 7 nitrogen and oxygen atoms in total. The van der Waals surface area contributed by atoms with Gasteiger partial charge in [-0.3, -0.25) is 9.44 Å². The molecule has 0 bridgehead atoms. The number of halogens is 2. The molecule has 0 aromatic heterocycles. The lowest BCUT2D eigenvalue weighted by Crippen LogP contribution is -2.15. The molecule has 0 fully saturated rings. The number of ether oxygens (including phenoxy) is 1. The topological polar surface area (TPSA) is 102 Å². The predicted octanol–water partition coefficient (Wildman–Crippen LogP) is 5.76. The fourth-order valence-corrected chi connectivity index (χ4v) is 6.29. The summed E-state index contributed by atoms with van der Waals surface area (Å²) in [5.74, 6) is 0.235. The lowest BCUT2D eigenvalue weighted by atomic mass is 10.1. The minimum Gasteiger partial charge on any atom is -0.495 e. The van der Waals surface area contributed by atoms with E-state index in [0.717, 1.165) is 10.8 Å². The van der Waals surface area contributed by atoms with Gasteiger partial charge in [0.15, 0.2) is 0 Å². The van der Waals surface area contributed by atoms with Crippen LogP contribution >= 0.6 is 23.2 Å². The molecule has 0 atom stereocenters. The molecule has 0 amide bonds. The number of nitrogens with one attached hydrogen (secondary N) is 2. The SMILES string of the molecule is COc1ccc(S(=O)(=O)Nc2ccc(S(=O)(=O)Nc3cccc4ccccc34)cc2)c(Cl)c1Cl. The molecule has 4 aromatic rings. The van der Waals surface area contributed by atoms with Crippen LogP contribution in [-0.4, -0.2) is 23.9 Å². The number of methoxy groups -OCH3 is 1. The van der Waals surface area contributed by atoms with Crippen molar-refractivity contribution in [3.63, 3.8) is 0 Å². The molecule has 0 heterocycles. The van der Waals surface area contributed by atoms with Crippen molar-refractivity contribution >= 4 is 65.4 Å². The van der Waals surface area contributed by atoms with Gasteiger partial charge in [-0.15, -0.1) is 0 Å². The van der Waals surface area contributed by atoms with Gasteiger partial charge in [-0.1, -0.05) is 59.6 Å². The summed E-state index contributed by atoms with van der Waals surface area (Å²) >= 11 is 12.2. The predicted molar refractivity (Wildman–Crippen MR) is 135 cm³/mol. The quantitative estimate of drug-likeness (QED) is 0.312. The number of rotatable bonds is 7. The Bertz CT molecular complexity index is 1580. The highest BCUT2D eigenvalue weighted by Crippen LogP contribution is 2.37. The Morgan fingerprint density at radius 3 is 2.09 bits per heavy atom. The van der Waals surface area contributed by atoms with E-state index >= 15 is 0 Å². The van der Waals surface area contributed by atoms with Crippen LogP contribution in [-0.2, 0) is 20.0 Å². The number of fused-ring (bicyclic) bond motifs is 1. The Kier molecular flexibility index (Phi) is 6.64. The minimum atomic E-state index is -4.10. The van der Waals surface area contributed by atoms with Crippen molar-refractivity contribution in [2.45, 2.75) is 9.79 Å². The van der Waals surface area contributed by atoms with Crippen molar-refractivity contribution in [3.05, 3.63) is 88.9 Å². The molecule has 34 heavy (non-hydrogen) atoms. The number of sulfonamides is 2. The van der Waals surface area contributed by atoms with Gasteiger partial charge >= 0.3 is 0 Å². The average Bonchev–Trinajstić information content (AvgIpc) is 2.81. The lowest BCUT2D eigenvalue weighted by molar-refractivity contribution is 0.414. The normalized spacial score (nSPS) is 11.9. The van der Waals surface area contributed by atoms with E-state index in [1.165, 1.54) is 43.5 Å². The molecule has 4 rings (SSSR count). The second-order valence-corrected chi connectivity index (χ2v) is 11.2. The molecule has 0 aliphatic rings. The van der Waals surface area contributed by atoms with E-state index in [1.807, 2.05) is 30.3 Å². The van der Waals surface area contributed by atoms with Crippen molar-refractivity contribution in [1.82, 2.24) is 0 Å². The van der Waals surface area contributed by atoms with Gasteiger partial charge in [0.05, 0.1) is 22.7 Å². The molecular weight excluding hydrogens is 519 g/mol. The van der Waals surface area contributed by atoms with Gasteiger partial charge in [0, 0.05) is 11.1 Å². The van der Waals surface area contributed by atoms with Gasteiger partial charge in [-0.05, 0) is 47.9 Å². The zero-order chi connectivity index (χ0) is 24.5. The first-order chi connectivity index (χ1) is 16.1. The lowest BCUT2D eigenvalue weighted by Gasteiger charge is -2.13. The Hall–Kier alpha value is -2.98. The number of anilines is 2. The van der Waals surface area contributed by atoms with E-state index in [4.69, 9.17) is 27.9 Å². The highest BCUT2D eigenvalue weighted by molar-refractivity contribution is 7.93. The van der Waals surface area contributed by atoms with Crippen LogP contribution in [0.15, 0.2) is 88.7 Å². The van der Waals surface area contributed by atoms with Gasteiger partial charge in [-0.2, -0.15) is 0 Å². The third kappa shape index (κ3) is 4.78. The third-order valence-corrected chi connectivity index (χ3v) is 8.75. The number of hydrogen-bond donors (Lipinski definition) is 2. The van der Waals surface area contributed by atoms with Crippen molar-refractivity contribution in [2.75, 3.05) is 16.6 Å². The molecule has 176 valence electrons. The van der Waals surface area contributed by atoms with Crippen LogP contribution in [0.3, 0.4) is 0 Å². The molecule has 11 heteroatoms. The van der Waals surface area contributed by atoms with Crippen LogP contribution in [0.1, 0.15) is 0 Å². The maximum absolute atomic E-state index is 12.9. The molecule has 0 saturated carbocycles. The molecule has 0 aliphatic heterocycles. The third-order valence-electron chi connectivity index (χ3n) is 4.97. The second kappa shape index (κ2) is 9.34. The maximum Gasteiger partial charge on any atom is 0.263 e. The molecule has 0 spiro atoms. The van der Waals surface area contributed by atoms with Crippen LogP contribution in [0.25, 0.3) is 10.8 Å². The maximum atomic E-state index is 12.9. The average molecular weight is 537 g/mol. The first-order valence-corrected chi connectivity index (χ1v) is 13.5. The second-order valence-electron chi connectivity index (χ2n) is 7.16. The molecule has 0 unspecified atom stereocenters. The van der Waals surface area contributed by atoms with Gasteiger partial charge in [0.2, 0.25) is 0 Å². The fraction of sp³-hybridized carbons (Fsp3) is 0.0435. The van der Waals surface area contributed by atoms with Crippen molar-refractivity contribution in [1.29, 1.82) is 0 Å². The van der Waals surface area contributed by atoms with Crippen LogP contribution in [0.4, 0.5) is 11.4 Å². The van der Waals surface area contributed by atoms with Crippen LogP contribution in [0.5, 0.6) is 5.75 Å².